The molecule has 0 radical (unpaired) electrons. The molecule has 0 aliphatic carbocycles. The molecule has 2 N–H and O–H groups in total. The SMILES string of the molecule is CC(C)CC(CN)C(=O)N1CC(C)N(C)C(C)C1. The van der Waals surface area contributed by atoms with E-state index in [9.17, 15) is 4.79 Å². The molecule has 1 amide bonds. The molecule has 4 heteroatoms. The van der Waals surface area contributed by atoms with E-state index in [0.717, 1.165) is 19.5 Å². The summed E-state index contributed by atoms with van der Waals surface area (Å²) in [7, 11) is 2.13. The van der Waals surface area contributed by atoms with Crippen LogP contribution in [0.4, 0.5) is 0 Å². The molecule has 106 valence electrons. The van der Waals surface area contributed by atoms with Crippen molar-refractivity contribution >= 4 is 5.91 Å². The van der Waals surface area contributed by atoms with Crippen LogP contribution >= 0.6 is 0 Å². The van der Waals surface area contributed by atoms with Crippen molar-refractivity contribution in [1.29, 1.82) is 0 Å². The largest absolute Gasteiger partial charge is 0.339 e. The second-order valence-electron chi connectivity index (χ2n) is 6.17. The van der Waals surface area contributed by atoms with Gasteiger partial charge in [-0.1, -0.05) is 13.8 Å². The van der Waals surface area contributed by atoms with E-state index in [4.69, 9.17) is 5.73 Å². The fourth-order valence-electron chi connectivity index (χ4n) is 2.71. The Kier molecular flexibility index (Phi) is 5.60. The smallest absolute Gasteiger partial charge is 0.227 e. The number of hydrogen-bond acceptors (Lipinski definition) is 3. The van der Waals surface area contributed by atoms with Crippen LogP contribution in [-0.2, 0) is 4.79 Å². The van der Waals surface area contributed by atoms with E-state index in [1.54, 1.807) is 0 Å². The number of amides is 1. The van der Waals surface area contributed by atoms with Gasteiger partial charge < -0.3 is 10.6 Å². The van der Waals surface area contributed by atoms with E-state index in [0.29, 0.717) is 24.5 Å². The van der Waals surface area contributed by atoms with Gasteiger partial charge in [0.25, 0.3) is 0 Å². The van der Waals surface area contributed by atoms with Crippen molar-refractivity contribution in [1.82, 2.24) is 9.80 Å². The summed E-state index contributed by atoms with van der Waals surface area (Å²) < 4.78 is 0. The van der Waals surface area contributed by atoms with Gasteiger partial charge in [-0.25, -0.2) is 0 Å². The third-order valence-electron chi connectivity index (χ3n) is 4.06. The standard InChI is InChI=1S/C14H29N3O/c1-10(2)6-13(7-15)14(18)17-8-11(3)16(5)12(4)9-17/h10-13H,6-9,15H2,1-5H3. The molecular weight excluding hydrogens is 226 g/mol. The van der Waals surface area contributed by atoms with Crippen LogP contribution in [0.1, 0.15) is 34.1 Å². The number of likely N-dealkylation sites (N-methyl/N-ethyl adjacent to an activating group) is 1. The quantitative estimate of drug-likeness (QED) is 0.820. The van der Waals surface area contributed by atoms with Gasteiger partial charge in [-0.2, -0.15) is 0 Å². The van der Waals surface area contributed by atoms with Crippen LogP contribution in [0.25, 0.3) is 0 Å². The highest BCUT2D eigenvalue weighted by Gasteiger charge is 2.32. The van der Waals surface area contributed by atoms with Gasteiger partial charge in [-0.05, 0) is 33.2 Å². The minimum atomic E-state index is -0.00666. The maximum atomic E-state index is 12.5. The monoisotopic (exact) mass is 255 g/mol. The maximum Gasteiger partial charge on any atom is 0.227 e. The number of carbonyl (C=O) groups is 1. The van der Waals surface area contributed by atoms with Gasteiger partial charge in [0.05, 0.1) is 5.92 Å². The summed E-state index contributed by atoms with van der Waals surface area (Å²) in [6.07, 6.45) is 0.893. The number of hydrogen-bond donors (Lipinski definition) is 1. The molecule has 1 saturated heterocycles. The number of rotatable bonds is 4. The van der Waals surface area contributed by atoms with E-state index in [1.165, 1.54) is 0 Å². The summed E-state index contributed by atoms with van der Waals surface area (Å²) in [4.78, 5) is 16.8. The highest BCUT2D eigenvalue weighted by Crippen LogP contribution is 2.19. The molecule has 18 heavy (non-hydrogen) atoms. The van der Waals surface area contributed by atoms with Crippen molar-refractivity contribution in [3.63, 3.8) is 0 Å². The summed E-state index contributed by atoms with van der Waals surface area (Å²) in [5.74, 6) is 0.760. The minimum Gasteiger partial charge on any atom is -0.339 e. The number of carbonyl (C=O) groups excluding carboxylic acids is 1. The number of piperazine rings is 1. The lowest BCUT2D eigenvalue weighted by atomic mass is 9.95. The molecule has 0 aromatic carbocycles. The third kappa shape index (κ3) is 3.69. The van der Waals surface area contributed by atoms with Gasteiger partial charge in [0.1, 0.15) is 0 Å². The van der Waals surface area contributed by atoms with Crippen LogP contribution in [0.5, 0.6) is 0 Å². The summed E-state index contributed by atoms with van der Waals surface area (Å²) in [5, 5.41) is 0. The van der Waals surface area contributed by atoms with Crippen molar-refractivity contribution in [2.24, 2.45) is 17.6 Å². The average Bonchev–Trinajstić information content (AvgIpc) is 2.31. The fraction of sp³-hybridized carbons (Fsp3) is 0.929. The second kappa shape index (κ2) is 6.53. The summed E-state index contributed by atoms with van der Waals surface area (Å²) in [5.41, 5.74) is 5.77. The van der Waals surface area contributed by atoms with Crippen molar-refractivity contribution in [2.45, 2.75) is 46.2 Å². The highest BCUT2D eigenvalue weighted by molar-refractivity contribution is 5.79. The van der Waals surface area contributed by atoms with Gasteiger partial charge in [0.15, 0.2) is 0 Å². The molecule has 0 bridgehead atoms. The Hall–Kier alpha value is -0.610. The first-order valence-corrected chi connectivity index (χ1v) is 7.07. The molecule has 3 atom stereocenters. The van der Waals surface area contributed by atoms with E-state index in [2.05, 4.69) is 39.6 Å². The zero-order valence-electron chi connectivity index (χ0n) is 12.5. The normalized spacial score (nSPS) is 27.6. The Bertz CT molecular complexity index is 268. The number of nitrogens with two attached hydrogens (primary N) is 1. The summed E-state index contributed by atoms with van der Waals surface area (Å²) in [6.45, 7) is 10.8. The van der Waals surface area contributed by atoms with Gasteiger partial charge in [0, 0.05) is 31.7 Å². The van der Waals surface area contributed by atoms with Crippen molar-refractivity contribution in [3.05, 3.63) is 0 Å². The molecule has 0 aromatic heterocycles. The van der Waals surface area contributed by atoms with E-state index >= 15 is 0 Å². The summed E-state index contributed by atoms with van der Waals surface area (Å²) >= 11 is 0. The first-order valence-electron chi connectivity index (χ1n) is 7.07. The molecule has 1 rings (SSSR count). The van der Waals surface area contributed by atoms with Crippen LogP contribution in [0.15, 0.2) is 0 Å². The fourth-order valence-corrected chi connectivity index (χ4v) is 2.71. The Labute approximate surface area is 111 Å². The molecule has 4 nitrogen and oxygen atoms in total. The van der Waals surface area contributed by atoms with Crippen LogP contribution < -0.4 is 5.73 Å². The molecule has 1 aliphatic rings. The predicted octanol–water partition coefficient (Wildman–Crippen LogP) is 1.16. The Morgan fingerprint density at radius 3 is 2.17 bits per heavy atom. The third-order valence-corrected chi connectivity index (χ3v) is 4.06. The Morgan fingerprint density at radius 2 is 1.78 bits per heavy atom. The molecule has 0 aromatic rings. The Morgan fingerprint density at radius 1 is 1.28 bits per heavy atom. The van der Waals surface area contributed by atoms with Gasteiger partial charge in [-0.15, -0.1) is 0 Å². The van der Waals surface area contributed by atoms with Gasteiger partial charge >= 0.3 is 0 Å². The Balaban J connectivity index is 2.65. The first-order chi connectivity index (χ1) is 8.36. The lowest BCUT2D eigenvalue weighted by molar-refractivity contribution is -0.139. The number of nitrogens with zero attached hydrogens (tertiary/aromatic N) is 2. The second-order valence-corrected chi connectivity index (χ2v) is 6.17. The molecule has 0 spiro atoms. The zero-order valence-corrected chi connectivity index (χ0v) is 12.5. The molecule has 1 heterocycles. The van der Waals surface area contributed by atoms with Crippen LogP contribution in [0.2, 0.25) is 0 Å². The first kappa shape index (κ1) is 15.4. The lowest BCUT2D eigenvalue weighted by Gasteiger charge is -2.43. The predicted molar refractivity (Wildman–Crippen MR) is 75.3 cm³/mol. The summed E-state index contributed by atoms with van der Waals surface area (Å²) in [6, 6.07) is 0.852. The molecule has 1 aliphatic heterocycles. The molecule has 3 unspecified atom stereocenters. The molecular formula is C14H29N3O. The van der Waals surface area contributed by atoms with Crippen molar-refractivity contribution in [3.8, 4) is 0 Å². The van der Waals surface area contributed by atoms with E-state index < -0.39 is 0 Å². The van der Waals surface area contributed by atoms with Gasteiger partial charge in [0.2, 0.25) is 5.91 Å². The van der Waals surface area contributed by atoms with Gasteiger partial charge in [-0.3, -0.25) is 9.69 Å². The maximum absolute atomic E-state index is 12.5. The van der Waals surface area contributed by atoms with Crippen LogP contribution in [0, 0.1) is 11.8 Å². The lowest BCUT2D eigenvalue weighted by Crippen LogP contribution is -2.57. The molecule has 0 saturated carbocycles. The van der Waals surface area contributed by atoms with Crippen LogP contribution in [-0.4, -0.2) is 54.5 Å². The van der Waals surface area contributed by atoms with Crippen molar-refractivity contribution < 1.29 is 4.79 Å². The zero-order chi connectivity index (χ0) is 13.9. The van der Waals surface area contributed by atoms with E-state index in [-0.39, 0.29) is 11.8 Å². The topological polar surface area (TPSA) is 49.6 Å². The minimum absolute atomic E-state index is 0.00666. The van der Waals surface area contributed by atoms with E-state index in [1.807, 2.05) is 4.90 Å². The van der Waals surface area contributed by atoms with Crippen molar-refractivity contribution in [2.75, 3.05) is 26.7 Å². The van der Waals surface area contributed by atoms with Crippen LogP contribution in [0.3, 0.4) is 0 Å². The highest BCUT2D eigenvalue weighted by atomic mass is 16.2. The molecule has 1 fully saturated rings. The average molecular weight is 255 g/mol.